The lowest BCUT2D eigenvalue weighted by molar-refractivity contribution is 0.683. The molecule has 6 heteroatoms. The fourth-order valence-electron chi connectivity index (χ4n) is 2.97. The Hall–Kier alpha value is -1.57. The van der Waals surface area contributed by atoms with Crippen molar-refractivity contribution in [2.24, 2.45) is 12.0 Å². The summed E-state index contributed by atoms with van der Waals surface area (Å²) in [6.07, 6.45) is 2.97. The zero-order valence-corrected chi connectivity index (χ0v) is 17.7. The summed E-state index contributed by atoms with van der Waals surface area (Å²) in [5.41, 5.74) is 3.95. The molecule has 1 saturated carbocycles. The highest BCUT2D eigenvalue weighted by Crippen LogP contribution is 2.41. The van der Waals surface area contributed by atoms with Crippen LogP contribution in [0.2, 0.25) is 0 Å². The fraction of sp³-hybridized carbons (Fsp3) is 0.474. The number of aliphatic imine (C=N–C) groups is 1. The number of nitrogens with zero attached hydrogens (tertiary/aromatic N) is 3. The van der Waals surface area contributed by atoms with Gasteiger partial charge >= 0.3 is 0 Å². The van der Waals surface area contributed by atoms with E-state index in [1.165, 1.54) is 11.1 Å². The van der Waals surface area contributed by atoms with E-state index in [0.29, 0.717) is 17.9 Å². The van der Waals surface area contributed by atoms with E-state index in [2.05, 4.69) is 58.8 Å². The Morgan fingerprint density at radius 1 is 1.28 bits per heavy atom. The van der Waals surface area contributed by atoms with E-state index in [9.17, 15) is 0 Å². The van der Waals surface area contributed by atoms with Gasteiger partial charge in [0.2, 0.25) is 0 Å². The van der Waals surface area contributed by atoms with E-state index in [0.717, 1.165) is 24.6 Å². The van der Waals surface area contributed by atoms with Crippen molar-refractivity contribution in [1.82, 2.24) is 20.4 Å². The Balaban J connectivity index is 0.00000225. The lowest BCUT2D eigenvalue weighted by atomic mass is 10.0. The maximum Gasteiger partial charge on any atom is 0.191 e. The highest BCUT2D eigenvalue weighted by molar-refractivity contribution is 14.0. The van der Waals surface area contributed by atoms with Crippen molar-refractivity contribution < 1.29 is 0 Å². The second-order valence-electron chi connectivity index (χ2n) is 6.79. The topological polar surface area (TPSA) is 54.2 Å². The predicted molar refractivity (Wildman–Crippen MR) is 114 cm³/mol. The predicted octanol–water partition coefficient (Wildman–Crippen LogP) is 3.38. The average Bonchev–Trinajstić information content (AvgIpc) is 3.24. The standard InChI is InChI=1S/C19H27N5.HI/c1-13(2)14-5-7-15(8-6-14)17-11-18(17)23-19(20-3)21-12-16-9-10-22-24(16)4;/h5-10,13,17-18H,11-12H2,1-4H3,(H2,20,21,23);1H. The van der Waals surface area contributed by atoms with Gasteiger partial charge in [0, 0.05) is 32.3 Å². The molecular formula is C19H28IN5. The molecule has 1 aromatic carbocycles. The summed E-state index contributed by atoms with van der Waals surface area (Å²) in [6.45, 7) is 5.18. The van der Waals surface area contributed by atoms with Crippen LogP contribution in [0.15, 0.2) is 41.5 Å². The van der Waals surface area contributed by atoms with Crippen LogP contribution < -0.4 is 10.6 Å². The Kier molecular flexibility index (Phi) is 6.87. The number of benzene rings is 1. The number of aryl methyl sites for hydroxylation is 1. The maximum atomic E-state index is 4.33. The van der Waals surface area contributed by atoms with Crippen molar-refractivity contribution in [3.63, 3.8) is 0 Å². The molecule has 2 unspecified atom stereocenters. The molecule has 25 heavy (non-hydrogen) atoms. The number of aromatic nitrogens is 2. The van der Waals surface area contributed by atoms with Crippen LogP contribution in [0.5, 0.6) is 0 Å². The van der Waals surface area contributed by atoms with Crippen molar-refractivity contribution in [3.05, 3.63) is 53.3 Å². The molecule has 0 aliphatic heterocycles. The van der Waals surface area contributed by atoms with E-state index < -0.39 is 0 Å². The molecule has 136 valence electrons. The second kappa shape index (κ2) is 8.69. The molecule has 0 radical (unpaired) electrons. The minimum atomic E-state index is 0. The largest absolute Gasteiger partial charge is 0.353 e. The first-order chi connectivity index (χ1) is 11.6. The summed E-state index contributed by atoms with van der Waals surface area (Å²) in [5.74, 6) is 2.02. The summed E-state index contributed by atoms with van der Waals surface area (Å²) in [5, 5.41) is 11.1. The van der Waals surface area contributed by atoms with Gasteiger partial charge in [0.15, 0.2) is 5.96 Å². The van der Waals surface area contributed by atoms with Crippen LogP contribution in [0.1, 0.15) is 48.9 Å². The van der Waals surface area contributed by atoms with Gasteiger partial charge in [0.05, 0.1) is 12.2 Å². The van der Waals surface area contributed by atoms with E-state index in [1.807, 2.05) is 31.0 Å². The third kappa shape index (κ3) is 4.96. The van der Waals surface area contributed by atoms with Crippen LogP contribution in [0.4, 0.5) is 0 Å². The molecule has 0 spiro atoms. The first kappa shape index (κ1) is 19.8. The molecule has 0 saturated heterocycles. The number of halogens is 1. The van der Waals surface area contributed by atoms with Crippen LogP contribution in [0, 0.1) is 0 Å². The highest BCUT2D eigenvalue weighted by Gasteiger charge is 2.38. The Bertz CT molecular complexity index is 705. The highest BCUT2D eigenvalue weighted by atomic mass is 127. The van der Waals surface area contributed by atoms with Crippen molar-refractivity contribution in [2.45, 2.75) is 44.7 Å². The minimum absolute atomic E-state index is 0. The van der Waals surface area contributed by atoms with E-state index in [1.54, 1.807) is 0 Å². The molecule has 1 fully saturated rings. The maximum absolute atomic E-state index is 4.33. The molecule has 2 aromatic rings. The Morgan fingerprint density at radius 2 is 2.00 bits per heavy atom. The molecule has 1 aliphatic rings. The third-order valence-electron chi connectivity index (χ3n) is 4.73. The molecule has 1 aromatic heterocycles. The number of hydrogen-bond acceptors (Lipinski definition) is 2. The van der Waals surface area contributed by atoms with Gasteiger partial charge in [-0.05, 0) is 29.5 Å². The summed E-state index contributed by atoms with van der Waals surface area (Å²) < 4.78 is 1.87. The second-order valence-corrected chi connectivity index (χ2v) is 6.79. The quantitative estimate of drug-likeness (QED) is 0.415. The molecular weight excluding hydrogens is 425 g/mol. The number of guanidine groups is 1. The van der Waals surface area contributed by atoms with E-state index in [4.69, 9.17) is 0 Å². The van der Waals surface area contributed by atoms with Gasteiger partial charge in [-0.2, -0.15) is 5.10 Å². The van der Waals surface area contributed by atoms with Gasteiger partial charge in [-0.15, -0.1) is 24.0 Å². The lowest BCUT2D eigenvalue weighted by Gasteiger charge is -2.12. The molecule has 1 aliphatic carbocycles. The van der Waals surface area contributed by atoms with E-state index >= 15 is 0 Å². The fourth-order valence-corrected chi connectivity index (χ4v) is 2.97. The van der Waals surface area contributed by atoms with Crippen molar-refractivity contribution in [3.8, 4) is 0 Å². The number of hydrogen-bond donors (Lipinski definition) is 2. The lowest BCUT2D eigenvalue weighted by Crippen LogP contribution is -2.38. The molecule has 2 N–H and O–H groups in total. The van der Waals surface area contributed by atoms with E-state index in [-0.39, 0.29) is 24.0 Å². The number of nitrogens with one attached hydrogen (secondary N) is 2. The van der Waals surface area contributed by atoms with Crippen LogP contribution in [-0.2, 0) is 13.6 Å². The Morgan fingerprint density at radius 3 is 2.56 bits per heavy atom. The van der Waals surface area contributed by atoms with Gasteiger partial charge < -0.3 is 10.6 Å². The van der Waals surface area contributed by atoms with Crippen LogP contribution in [0.25, 0.3) is 0 Å². The van der Waals surface area contributed by atoms with Crippen molar-refractivity contribution in [1.29, 1.82) is 0 Å². The molecule has 2 atom stereocenters. The van der Waals surface area contributed by atoms with Crippen LogP contribution >= 0.6 is 24.0 Å². The first-order valence-electron chi connectivity index (χ1n) is 8.62. The van der Waals surface area contributed by atoms with Gasteiger partial charge in [0.25, 0.3) is 0 Å². The smallest absolute Gasteiger partial charge is 0.191 e. The normalized spacial score (nSPS) is 19.5. The molecule has 1 heterocycles. The van der Waals surface area contributed by atoms with Crippen molar-refractivity contribution >= 4 is 29.9 Å². The average molecular weight is 453 g/mol. The zero-order chi connectivity index (χ0) is 17.1. The minimum Gasteiger partial charge on any atom is -0.353 e. The summed E-state index contributed by atoms with van der Waals surface area (Å²) >= 11 is 0. The van der Waals surface area contributed by atoms with Gasteiger partial charge in [-0.1, -0.05) is 38.1 Å². The Labute approximate surface area is 167 Å². The van der Waals surface area contributed by atoms with Gasteiger partial charge in [-0.25, -0.2) is 0 Å². The summed E-state index contributed by atoms with van der Waals surface area (Å²) in [7, 11) is 3.76. The molecule has 5 nitrogen and oxygen atoms in total. The molecule has 0 amide bonds. The first-order valence-corrected chi connectivity index (χ1v) is 8.62. The summed E-state index contributed by atoms with van der Waals surface area (Å²) in [4.78, 5) is 4.33. The van der Waals surface area contributed by atoms with Gasteiger partial charge in [0.1, 0.15) is 0 Å². The molecule has 3 rings (SSSR count). The van der Waals surface area contributed by atoms with Gasteiger partial charge in [-0.3, -0.25) is 9.67 Å². The van der Waals surface area contributed by atoms with Crippen molar-refractivity contribution in [2.75, 3.05) is 7.05 Å². The third-order valence-corrected chi connectivity index (χ3v) is 4.73. The zero-order valence-electron chi connectivity index (χ0n) is 15.4. The SMILES string of the molecule is CN=C(NCc1ccnn1C)NC1CC1c1ccc(C(C)C)cc1.I. The number of rotatable bonds is 5. The summed E-state index contributed by atoms with van der Waals surface area (Å²) in [6, 6.07) is 11.5. The van der Waals surface area contributed by atoms with Crippen LogP contribution in [0.3, 0.4) is 0 Å². The van der Waals surface area contributed by atoms with Crippen LogP contribution in [-0.4, -0.2) is 28.8 Å². The monoisotopic (exact) mass is 453 g/mol. The molecule has 0 bridgehead atoms.